The molecule has 1 fully saturated rings. The SMILES string of the molecule is CCCCCCOc1nsnc1C1=CCC(C)N(C)C1.CN1CCCCC1. The van der Waals surface area contributed by atoms with Crippen LogP contribution in [0.25, 0.3) is 5.57 Å². The maximum absolute atomic E-state index is 5.82. The first kappa shape index (κ1) is 22.3. The predicted molar refractivity (Wildman–Crippen MR) is 116 cm³/mol. The summed E-state index contributed by atoms with van der Waals surface area (Å²) < 4.78 is 14.5. The highest BCUT2D eigenvalue weighted by Crippen LogP contribution is 2.28. The Morgan fingerprint density at radius 1 is 1.11 bits per heavy atom. The molecule has 6 heteroatoms. The van der Waals surface area contributed by atoms with Crippen molar-refractivity contribution in [3.8, 4) is 5.88 Å². The van der Waals surface area contributed by atoms with Gasteiger partial charge in [0, 0.05) is 12.6 Å². The zero-order valence-corrected chi connectivity index (χ0v) is 18.6. The third-order valence-electron chi connectivity index (χ3n) is 5.46. The summed E-state index contributed by atoms with van der Waals surface area (Å²) in [6.45, 7) is 8.78. The fraction of sp³-hybridized carbons (Fsp3) is 0.810. The Hall–Kier alpha value is -0.980. The lowest BCUT2D eigenvalue weighted by Crippen LogP contribution is -2.33. The van der Waals surface area contributed by atoms with Crippen molar-refractivity contribution in [1.29, 1.82) is 0 Å². The molecule has 1 saturated heterocycles. The van der Waals surface area contributed by atoms with Gasteiger partial charge in [-0.2, -0.15) is 4.37 Å². The van der Waals surface area contributed by atoms with E-state index in [-0.39, 0.29) is 0 Å². The summed E-state index contributed by atoms with van der Waals surface area (Å²) in [7, 11) is 4.35. The zero-order chi connectivity index (χ0) is 19.5. The van der Waals surface area contributed by atoms with Crippen LogP contribution in [-0.4, -0.2) is 64.9 Å². The van der Waals surface area contributed by atoms with Crippen LogP contribution in [0.15, 0.2) is 6.08 Å². The van der Waals surface area contributed by atoms with Gasteiger partial charge in [0.25, 0.3) is 5.88 Å². The van der Waals surface area contributed by atoms with Crippen molar-refractivity contribution in [2.45, 2.75) is 71.3 Å². The molecule has 5 nitrogen and oxygen atoms in total. The van der Waals surface area contributed by atoms with Crippen molar-refractivity contribution in [2.24, 2.45) is 0 Å². The van der Waals surface area contributed by atoms with E-state index in [1.807, 2.05) is 0 Å². The van der Waals surface area contributed by atoms with E-state index in [2.05, 4.69) is 52.6 Å². The minimum absolute atomic E-state index is 0.601. The molecule has 2 aliphatic heterocycles. The summed E-state index contributed by atoms with van der Waals surface area (Å²) in [4.78, 5) is 4.74. The molecule has 1 unspecified atom stereocenters. The van der Waals surface area contributed by atoms with Crippen LogP contribution in [-0.2, 0) is 0 Å². The van der Waals surface area contributed by atoms with Crippen molar-refractivity contribution in [1.82, 2.24) is 18.5 Å². The summed E-state index contributed by atoms with van der Waals surface area (Å²) in [5.74, 6) is 0.723. The third-order valence-corrected chi connectivity index (χ3v) is 5.97. The van der Waals surface area contributed by atoms with E-state index in [4.69, 9.17) is 4.74 Å². The average Bonchev–Trinajstić information content (AvgIpc) is 3.13. The Balaban J connectivity index is 0.000000313. The quantitative estimate of drug-likeness (QED) is 0.627. The fourth-order valence-electron chi connectivity index (χ4n) is 3.37. The molecule has 0 radical (unpaired) electrons. The van der Waals surface area contributed by atoms with Crippen LogP contribution in [0, 0.1) is 0 Å². The van der Waals surface area contributed by atoms with Gasteiger partial charge in [-0.1, -0.05) is 38.7 Å². The van der Waals surface area contributed by atoms with Gasteiger partial charge >= 0.3 is 0 Å². The molecular formula is C21H38N4OS. The van der Waals surface area contributed by atoms with E-state index in [0.29, 0.717) is 6.04 Å². The molecule has 0 spiro atoms. The Bertz CT molecular complexity index is 554. The van der Waals surface area contributed by atoms with Gasteiger partial charge in [-0.3, -0.25) is 4.90 Å². The van der Waals surface area contributed by atoms with E-state index in [0.717, 1.165) is 37.6 Å². The Morgan fingerprint density at radius 2 is 1.89 bits per heavy atom. The first-order valence-electron chi connectivity index (χ1n) is 10.6. The fourth-order valence-corrected chi connectivity index (χ4v) is 3.91. The van der Waals surface area contributed by atoms with Crippen LogP contribution < -0.4 is 4.74 Å². The van der Waals surface area contributed by atoms with Crippen LogP contribution in [0.5, 0.6) is 5.88 Å². The van der Waals surface area contributed by atoms with Gasteiger partial charge in [-0.05, 0) is 65.4 Å². The van der Waals surface area contributed by atoms with Gasteiger partial charge in [0.05, 0.1) is 18.3 Å². The molecule has 2 aliphatic rings. The number of rotatable bonds is 7. The van der Waals surface area contributed by atoms with E-state index >= 15 is 0 Å². The molecule has 1 atom stereocenters. The molecule has 0 aliphatic carbocycles. The summed E-state index contributed by atoms with van der Waals surface area (Å²) in [6.07, 6.45) is 12.5. The second kappa shape index (κ2) is 12.5. The molecule has 1 aromatic rings. The number of hydrogen-bond acceptors (Lipinski definition) is 6. The van der Waals surface area contributed by atoms with Gasteiger partial charge in [0.1, 0.15) is 5.69 Å². The molecular weight excluding hydrogens is 356 g/mol. The number of hydrogen-bond donors (Lipinski definition) is 0. The molecule has 0 bridgehead atoms. The lowest BCUT2D eigenvalue weighted by atomic mass is 10.0. The minimum Gasteiger partial charge on any atom is -0.475 e. The van der Waals surface area contributed by atoms with E-state index in [9.17, 15) is 0 Å². The monoisotopic (exact) mass is 394 g/mol. The summed E-state index contributed by atoms with van der Waals surface area (Å²) in [6, 6.07) is 0.601. The van der Waals surface area contributed by atoms with Gasteiger partial charge < -0.3 is 9.64 Å². The van der Waals surface area contributed by atoms with Crippen molar-refractivity contribution in [3.63, 3.8) is 0 Å². The molecule has 27 heavy (non-hydrogen) atoms. The van der Waals surface area contributed by atoms with Gasteiger partial charge in [0.15, 0.2) is 0 Å². The molecule has 3 heterocycles. The first-order valence-corrected chi connectivity index (χ1v) is 11.4. The highest BCUT2D eigenvalue weighted by Gasteiger charge is 2.21. The molecule has 0 aromatic carbocycles. The van der Waals surface area contributed by atoms with Crippen LogP contribution in [0.4, 0.5) is 0 Å². The zero-order valence-electron chi connectivity index (χ0n) is 17.7. The number of unbranched alkanes of at least 4 members (excludes halogenated alkanes) is 3. The van der Waals surface area contributed by atoms with Gasteiger partial charge in [-0.25, -0.2) is 0 Å². The number of piperidine rings is 1. The lowest BCUT2D eigenvalue weighted by molar-refractivity contribution is 0.277. The van der Waals surface area contributed by atoms with E-state index < -0.39 is 0 Å². The number of likely N-dealkylation sites (tertiary alicyclic amines) is 1. The number of likely N-dealkylation sites (N-methyl/N-ethyl adjacent to an activating group) is 1. The van der Waals surface area contributed by atoms with Crippen LogP contribution in [0.1, 0.15) is 70.9 Å². The van der Waals surface area contributed by atoms with E-state index in [1.54, 1.807) is 0 Å². The van der Waals surface area contributed by atoms with Crippen molar-refractivity contribution in [3.05, 3.63) is 11.8 Å². The van der Waals surface area contributed by atoms with Crippen molar-refractivity contribution < 1.29 is 4.74 Å². The molecule has 154 valence electrons. The second-order valence-corrected chi connectivity index (χ2v) is 8.45. The highest BCUT2D eigenvalue weighted by atomic mass is 32.1. The highest BCUT2D eigenvalue weighted by molar-refractivity contribution is 6.99. The number of nitrogens with zero attached hydrogens (tertiary/aromatic N) is 4. The molecule has 0 amide bonds. The minimum atomic E-state index is 0.601. The molecule has 0 N–H and O–H groups in total. The third kappa shape index (κ3) is 7.88. The Morgan fingerprint density at radius 3 is 2.52 bits per heavy atom. The van der Waals surface area contributed by atoms with Crippen molar-refractivity contribution in [2.75, 3.05) is 40.3 Å². The smallest absolute Gasteiger partial charge is 0.253 e. The average molecular weight is 395 g/mol. The number of ether oxygens (including phenoxy) is 1. The lowest BCUT2D eigenvalue weighted by Gasteiger charge is -2.29. The normalized spacial score (nSPS) is 21.3. The van der Waals surface area contributed by atoms with E-state index in [1.165, 1.54) is 68.9 Å². The van der Waals surface area contributed by atoms with Gasteiger partial charge in [-0.15, -0.1) is 4.37 Å². The molecule has 3 rings (SSSR count). The van der Waals surface area contributed by atoms with Crippen molar-refractivity contribution >= 4 is 17.3 Å². The van der Waals surface area contributed by atoms with Crippen LogP contribution >= 0.6 is 11.7 Å². The van der Waals surface area contributed by atoms with Crippen LogP contribution in [0.3, 0.4) is 0 Å². The topological polar surface area (TPSA) is 41.5 Å². The predicted octanol–water partition coefficient (Wildman–Crippen LogP) is 4.71. The van der Waals surface area contributed by atoms with Gasteiger partial charge in [0.2, 0.25) is 0 Å². The maximum Gasteiger partial charge on any atom is 0.253 e. The number of aromatic nitrogens is 2. The largest absolute Gasteiger partial charge is 0.475 e. The molecule has 0 saturated carbocycles. The maximum atomic E-state index is 5.82. The molecule has 1 aromatic heterocycles. The summed E-state index contributed by atoms with van der Waals surface area (Å²) in [5.41, 5.74) is 2.20. The summed E-state index contributed by atoms with van der Waals surface area (Å²) in [5, 5.41) is 0. The Kier molecular flexibility index (Phi) is 10.3. The second-order valence-electron chi connectivity index (χ2n) is 7.92. The summed E-state index contributed by atoms with van der Waals surface area (Å²) >= 11 is 1.25. The Labute approximate surface area is 170 Å². The van der Waals surface area contributed by atoms with Crippen LogP contribution in [0.2, 0.25) is 0 Å². The standard InChI is InChI=1S/C15H25N3OS.C6H13N/c1-4-5-6-7-10-19-15-14(16-20-17-15)13-9-8-12(2)18(3)11-13;1-7-5-3-2-4-6-7/h9,12H,4-8,10-11H2,1-3H3;2-6H2,1H3. The first-order chi connectivity index (χ1) is 13.1.